The van der Waals surface area contributed by atoms with Crippen LogP contribution in [0.2, 0.25) is 0 Å². The number of rotatable bonds is 9. The molecule has 10 heteroatoms. The van der Waals surface area contributed by atoms with Gasteiger partial charge in [0.25, 0.3) is 17.6 Å². The van der Waals surface area contributed by atoms with Crippen molar-refractivity contribution >= 4 is 23.6 Å². The Kier molecular flexibility index (Phi) is 5.80. The second kappa shape index (κ2) is 8.62. The Morgan fingerprint density at radius 2 is 1.89 bits per heavy atom. The molecule has 0 atom stereocenters. The van der Waals surface area contributed by atoms with Gasteiger partial charge in [0, 0.05) is 13.1 Å². The Morgan fingerprint density at radius 3 is 2.57 bits per heavy atom. The molecule has 0 saturated heterocycles. The third-order valence-corrected chi connectivity index (χ3v) is 3.49. The summed E-state index contributed by atoms with van der Waals surface area (Å²) in [5.41, 5.74) is 0. The van der Waals surface area contributed by atoms with Crippen LogP contribution in [0.3, 0.4) is 0 Å². The molecule has 0 aliphatic rings. The number of anilines is 2. The average Bonchev–Trinajstić information content (AvgIpc) is 3.07. The van der Waals surface area contributed by atoms with E-state index in [0.717, 1.165) is 4.57 Å². The summed E-state index contributed by atoms with van der Waals surface area (Å²) in [5, 5.41) is 2.54. The van der Waals surface area contributed by atoms with Crippen LogP contribution in [0, 0.1) is 0 Å². The van der Waals surface area contributed by atoms with Crippen molar-refractivity contribution in [3.63, 3.8) is 0 Å². The largest absolute Gasteiger partial charge is 0.484 e. The molecule has 0 aliphatic heterocycles. The van der Waals surface area contributed by atoms with Gasteiger partial charge in [-0.3, -0.25) is 10.1 Å². The van der Waals surface area contributed by atoms with E-state index in [1.807, 2.05) is 6.07 Å². The molecule has 10 nitrogen and oxygen atoms in total. The molecule has 0 fully saturated rings. The molecule has 0 saturated carbocycles. The highest BCUT2D eigenvalue weighted by atomic mass is 16.5. The van der Waals surface area contributed by atoms with Crippen molar-refractivity contribution in [2.24, 2.45) is 0 Å². The maximum atomic E-state index is 12.3. The Morgan fingerprint density at radius 1 is 1.18 bits per heavy atom. The van der Waals surface area contributed by atoms with E-state index in [1.165, 1.54) is 0 Å². The fourth-order valence-electron chi connectivity index (χ4n) is 2.33. The standard InChI is InChI=1S/C18H18N6O4/c1-3-10-23(11-4-2)15-20-16(24-17(21-15)22-18(26)28-24)19-14(25)12-27-13-8-6-5-7-9-13/h3-9H,1-2,10-12H2,(H,19,20,21,22,25,26). The van der Waals surface area contributed by atoms with Crippen LogP contribution in [0.4, 0.5) is 11.9 Å². The van der Waals surface area contributed by atoms with Gasteiger partial charge in [0.15, 0.2) is 6.61 Å². The number of fused-ring (bicyclic) bond motifs is 1. The lowest BCUT2D eigenvalue weighted by atomic mass is 10.3. The lowest BCUT2D eigenvalue weighted by Gasteiger charge is -2.19. The van der Waals surface area contributed by atoms with Crippen LogP contribution >= 0.6 is 0 Å². The number of aromatic nitrogens is 4. The lowest BCUT2D eigenvalue weighted by molar-refractivity contribution is -0.118. The van der Waals surface area contributed by atoms with Crippen LogP contribution in [0.15, 0.2) is 65.0 Å². The fourth-order valence-corrected chi connectivity index (χ4v) is 2.33. The van der Waals surface area contributed by atoms with E-state index < -0.39 is 11.7 Å². The van der Waals surface area contributed by atoms with Gasteiger partial charge in [-0.15, -0.1) is 18.1 Å². The van der Waals surface area contributed by atoms with Gasteiger partial charge in [0.2, 0.25) is 5.95 Å². The first-order valence-electron chi connectivity index (χ1n) is 8.33. The zero-order chi connectivity index (χ0) is 19.9. The number of carbonyl (C=O) groups excluding carboxylic acids is 1. The number of hydrogen-bond acceptors (Lipinski definition) is 8. The molecule has 28 heavy (non-hydrogen) atoms. The molecule has 144 valence electrons. The summed E-state index contributed by atoms with van der Waals surface area (Å²) in [4.78, 5) is 37.7. The Labute approximate surface area is 159 Å². The number of nitrogens with zero attached hydrogens (tertiary/aromatic N) is 5. The number of para-hydroxylation sites is 1. The molecule has 2 aromatic heterocycles. The number of carbonyl (C=O) groups is 1. The summed E-state index contributed by atoms with van der Waals surface area (Å²) in [5.74, 6) is -0.663. The summed E-state index contributed by atoms with van der Waals surface area (Å²) in [6.07, 6.45) is 3.33. The molecule has 1 amide bonds. The molecule has 1 N–H and O–H groups in total. The summed E-state index contributed by atoms with van der Waals surface area (Å²) >= 11 is 0. The SMILES string of the molecule is C=CCN(CC=C)c1nc(NC(=O)COc2ccccc2)n2oc(=O)nc2n1. The van der Waals surface area contributed by atoms with Gasteiger partial charge in [0.1, 0.15) is 5.75 Å². The molecular formula is C18H18N6O4. The molecule has 0 radical (unpaired) electrons. The monoisotopic (exact) mass is 382 g/mol. The first kappa shape index (κ1) is 18.8. The van der Waals surface area contributed by atoms with Crippen molar-refractivity contribution in [3.05, 3.63) is 66.2 Å². The van der Waals surface area contributed by atoms with Crippen LogP contribution < -0.4 is 20.7 Å². The fraction of sp³-hybridized carbons (Fsp3) is 0.167. The van der Waals surface area contributed by atoms with Gasteiger partial charge in [-0.25, -0.2) is 4.79 Å². The Bertz CT molecular complexity index is 1030. The zero-order valence-corrected chi connectivity index (χ0v) is 14.9. The van der Waals surface area contributed by atoms with E-state index in [4.69, 9.17) is 9.26 Å². The number of nitrogens with one attached hydrogen (secondary N) is 1. The highest BCUT2D eigenvalue weighted by molar-refractivity contribution is 5.90. The minimum absolute atomic E-state index is 0.0348. The van der Waals surface area contributed by atoms with E-state index >= 15 is 0 Å². The number of benzene rings is 1. The van der Waals surface area contributed by atoms with Crippen molar-refractivity contribution in [2.75, 3.05) is 29.9 Å². The smallest absolute Gasteiger partial charge is 0.462 e. The quantitative estimate of drug-likeness (QED) is 0.550. The van der Waals surface area contributed by atoms with Crippen LogP contribution in [-0.2, 0) is 4.79 Å². The minimum atomic E-state index is -0.860. The number of hydrogen-bond donors (Lipinski definition) is 1. The molecule has 0 spiro atoms. The third kappa shape index (κ3) is 4.41. The molecule has 3 rings (SSSR count). The van der Waals surface area contributed by atoms with Crippen molar-refractivity contribution in [2.45, 2.75) is 0 Å². The van der Waals surface area contributed by atoms with Crippen LogP contribution in [0.25, 0.3) is 5.78 Å². The third-order valence-electron chi connectivity index (χ3n) is 3.49. The van der Waals surface area contributed by atoms with Gasteiger partial charge in [-0.1, -0.05) is 34.9 Å². The van der Waals surface area contributed by atoms with Crippen molar-refractivity contribution in [1.29, 1.82) is 0 Å². The normalized spacial score (nSPS) is 10.4. The summed E-state index contributed by atoms with van der Waals surface area (Å²) in [7, 11) is 0. The lowest BCUT2D eigenvalue weighted by Crippen LogP contribution is -2.27. The van der Waals surface area contributed by atoms with Gasteiger partial charge in [-0.05, 0) is 12.1 Å². The summed E-state index contributed by atoms with van der Waals surface area (Å²) in [6, 6.07) is 8.88. The van der Waals surface area contributed by atoms with E-state index in [1.54, 1.807) is 41.3 Å². The van der Waals surface area contributed by atoms with Crippen LogP contribution in [-0.4, -0.2) is 45.1 Å². The molecule has 0 unspecified atom stereocenters. The predicted molar refractivity (Wildman–Crippen MR) is 102 cm³/mol. The van der Waals surface area contributed by atoms with Gasteiger partial charge < -0.3 is 14.2 Å². The van der Waals surface area contributed by atoms with Gasteiger partial charge in [-0.2, -0.15) is 9.97 Å². The first-order chi connectivity index (χ1) is 13.6. The molecular weight excluding hydrogens is 364 g/mol. The summed E-state index contributed by atoms with van der Waals surface area (Å²) in [6.45, 7) is 7.98. The predicted octanol–water partition coefficient (Wildman–Crippen LogP) is 1.27. The van der Waals surface area contributed by atoms with Crippen LogP contribution in [0.1, 0.15) is 0 Å². The second-order valence-electron chi connectivity index (χ2n) is 5.54. The van der Waals surface area contributed by atoms with E-state index in [0.29, 0.717) is 18.8 Å². The molecule has 0 bridgehead atoms. The number of amides is 1. The molecule has 2 heterocycles. The highest BCUT2D eigenvalue weighted by Gasteiger charge is 2.17. The Hall–Kier alpha value is -3.95. The minimum Gasteiger partial charge on any atom is -0.484 e. The molecule has 3 aromatic rings. The first-order valence-corrected chi connectivity index (χ1v) is 8.33. The topological polar surface area (TPSA) is 115 Å². The molecule has 0 aliphatic carbocycles. The molecule has 1 aromatic carbocycles. The number of ether oxygens (including phenoxy) is 1. The van der Waals surface area contributed by atoms with Crippen molar-refractivity contribution in [3.8, 4) is 5.75 Å². The maximum absolute atomic E-state index is 12.3. The second-order valence-corrected chi connectivity index (χ2v) is 5.54. The Balaban J connectivity index is 1.85. The van der Waals surface area contributed by atoms with Gasteiger partial charge in [0.05, 0.1) is 0 Å². The van der Waals surface area contributed by atoms with E-state index in [2.05, 4.69) is 33.4 Å². The highest BCUT2D eigenvalue weighted by Crippen LogP contribution is 2.14. The summed E-state index contributed by atoms with van der Waals surface area (Å²) < 4.78 is 11.3. The van der Waals surface area contributed by atoms with Gasteiger partial charge >= 0.3 is 5.76 Å². The van der Waals surface area contributed by atoms with Crippen molar-refractivity contribution < 1.29 is 14.1 Å². The van der Waals surface area contributed by atoms with Crippen molar-refractivity contribution in [1.82, 2.24) is 19.5 Å². The van der Waals surface area contributed by atoms with Crippen LogP contribution in [0.5, 0.6) is 5.75 Å². The maximum Gasteiger partial charge on any atom is 0.462 e. The zero-order valence-electron chi connectivity index (χ0n) is 14.9. The van der Waals surface area contributed by atoms with E-state index in [-0.39, 0.29) is 24.3 Å². The van der Waals surface area contributed by atoms with E-state index in [9.17, 15) is 9.59 Å². The average molecular weight is 382 g/mol.